The van der Waals surface area contributed by atoms with Gasteiger partial charge in [-0.25, -0.2) is 0 Å². The van der Waals surface area contributed by atoms with Crippen molar-refractivity contribution in [2.24, 2.45) is 5.84 Å². The summed E-state index contributed by atoms with van der Waals surface area (Å²) in [5, 5.41) is 0. The molecule has 2 atom stereocenters. The van der Waals surface area contributed by atoms with Gasteiger partial charge in [-0.2, -0.15) is 0 Å². The highest BCUT2D eigenvalue weighted by atomic mass is 16.6. The van der Waals surface area contributed by atoms with E-state index in [1.165, 1.54) is 0 Å². The third-order valence-electron chi connectivity index (χ3n) is 3.20. The summed E-state index contributed by atoms with van der Waals surface area (Å²) in [5.74, 6) is 7.16. The summed E-state index contributed by atoms with van der Waals surface area (Å²) < 4.78 is 11.6. The molecule has 0 spiro atoms. The third kappa shape index (κ3) is 2.83. The van der Waals surface area contributed by atoms with Crippen LogP contribution >= 0.6 is 0 Å². The first kappa shape index (κ1) is 12.9. The zero-order valence-electron chi connectivity index (χ0n) is 10.7. The third-order valence-corrected chi connectivity index (χ3v) is 3.20. The summed E-state index contributed by atoms with van der Waals surface area (Å²) in [4.78, 5) is 0. The van der Waals surface area contributed by atoms with Crippen molar-refractivity contribution in [3.8, 4) is 11.5 Å². The van der Waals surface area contributed by atoms with Crippen molar-refractivity contribution in [1.29, 1.82) is 0 Å². The van der Waals surface area contributed by atoms with Crippen LogP contribution in [0.3, 0.4) is 0 Å². The molecular formula is C14H20N2O2. The predicted octanol–water partition coefficient (Wildman–Crippen LogP) is 2.01. The summed E-state index contributed by atoms with van der Waals surface area (Å²) in [6.07, 6.45) is 1.65. The zero-order valence-corrected chi connectivity index (χ0v) is 10.7. The summed E-state index contributed by atoms with van der Waals surface area (Å²) in [7, 11) is 0. The molecule has 1 heterocycles. The number of hydrazine groups is 1. The quantitative estimate of drug-likeness (QED) is 0.475. The second-order valence-electron chi connectivity index (χ2n) is 4.49. The minimum Gasteiger partial charge on any atom is -0.486 e. The van der Waals surface area contributed by atoms with Crippen LogP contribution in [0.5, 0.6) is 11.5 Å². The minimum absolute atomic E-state index is 0.0193. The fraction of sp³-hybridized carbons (Fsp3) is 0.429. The summed E-state index contributed by atoms with van der Waals surface area (Å²) in [6, 6.07) is 7.69. The molecular weight excluding hydrogens is 228 g/mol. The molecule has 0 aromatic heterocycles. The zero-order chi connectivity index (χ0) is 13.0. The van der Waals surface area contributed by atoms with Gasteiger partial charge in [-0.15, -0.1) is 0 Å². The molecule has 0 amide bonds. The maximum atomic E-state index is 5.92. The van der Waals surface area contributed by atoms with Crippen molar-refractivity contribution in [2.75, 3.05) is 6.61 Å². The normalized spacial score (nSPS) is 19.3. The van der Waals surface area contributed by atoms with Crippen molar-refractivity contribution in [1.82, 2.24) is 5.43 Å². The largest absolute Gasteiger partial charge is 0.486 e. The van der Waals surface area contributed by atoms with E-state index in [0.717, 1.165) is 29.9 Å². The molecule has 0 saturated carbocycles. The second-order valence-corrected chi connectivity index (χ2v) is 4.49. The number of benzene rings is 1. The van der Waals surface area contributed by atoms with Gasteiger partial charge < -0.3 is 9.47 Å². The topological polar surface area (TPSA) is 56.5 Å². The molecule has 0 radical (unpaired) electrons. The molecule has 0 fully saturated rings. The Bertz CT molecular complexity index is 420. The second kappa shape index (κ2) is 5.89. The Balaban J connectivity index is 2.04. The van der Waals surface area contributed by atoms with Crippen LogP contribution in [0.25, 0.3) is 0 Å². The molecule has 1 aliphatic rings. The van der Waals surface area contributed by atoms with E-state index in [1.807, 2.05) is 24.3 Å². The first-order valence-corrected chi connectivity index (χ1v) is 6.25. The number of nitrogens with two attached hydrogens (primary N) is 1. The average molecular weight is 248 g/mol. The van der Waals surface area contributed by atoms with Crippen LogP contribution in [-0.4, -0.2) is 18.8 Å². The van der Waals surface area contributed by atoms with Crippen molar-refractivity contribution in [3.05, 3.63) is 36.4 Å². The lowest BCUT2D eigenvalue weighted by atomic mass is 10.0. The minimum atomic E-state index is -0.0896. The van der Waals surface area contributed by atoms with Crippen LogP contribution in [0.15, 0.2) is 36.4 Å². The van der Waals surface area contributed by atoms with E-state index in [9.17, 15) is 0 Å². The maximum absolute atomic E-state index is 5.92. The predicted molar refractivity (Wildman–Crippen MR) is 71.5 cm³/mol. The summed E-state index contributed by atoms with van der Waals surface area (Å²) in [6.45, 7) is 6.60. The van der Waals surface area contributed by atoms with Gasteiger partial charge in [0, 0.05) is 0 Å². The van der Waals surface area contributed by atoms with E-state index in [0.29, 0.717) is 6.61 Å². The van der Waals surface area contributed by atoms with Crippen LogP contribution in [0, 0.1) is 0 Å². The number of fused-ring (bicyclic) bond motifs is 1. The average Bonchev–Trinajstić information content (AvgIpc) is 2.44. The van der Waals surface area contributed by atoms with Gasteiger partial charge in [0.1, 0.15) is 12.7 Å². The Morgan fingerprint density at radius 2 is 2.22 bits per heavy atom. The number of ether oxygens (including phenoxy) is 2. The van der Waals surface area contributed by atoms with Gasteiger partial charge >= 0.3 is 0 Å². The van der Waals surface area contributed by atoms with Gasteiger partial charge in [0.2, 0.25) is 0 Å². The van der Waals surface area contributed by atoms with Crippen molar-refractivity contribution < 1.29 is 9.47 Å². The van der Waals surface area contributed by atoms with E-state index < -0.39 is 0 Å². The Morgan fingerprint density at radius 1 is 1.50 bits per heavy atom. The first-order valence-electron chi connectivity index (χ1n) is 6.25. The lowest BCUT2D eigenvalue weighted by Gasteiger charge is -2.32. The van der Waals surface area contributed by atoms with Crippen LogP contribution in [0.2, 0.25) is 0 Å². The standard InChI is InChI=1S/C14H20N2O2/c1-3-10(2)8-11(16-15)14-9-17-12-6-4-5-7-13(12)18-14/h4-7,11,14,16H,2-3,8-9,15H2,1H3. The number of nitrogens with one attached hydrogen (secondary N) is 1. The van der Waals surface area contributed by atoms with Crippen molar-refractivity contribution in [3.63, 3.8) is 0 Å². The smallest absolute Gasteiger partial charge is 0.161 e. The van der Waals surface area contributed by atoms with E-state index in [4.69, 9.17) is 15.3 Å². The van der Waals surface area contributed by atoms with Crippen LogP contribution in [0.1, 0.15) is 19.8 Å². The molecule has 18 heavy (non-hydrogen) atoms. The van der Waals surface area contributed by atoms with E-state index in [2.05, 4.69) is 18.9 Å². The molecule has 4 heteroatoms. The van der Waals surface area contributed by atoms with Gasteiger partial charge in [-0.3, -0.25) is 11.3 Å². The lowest BCUT2D eigenvalue weighted by Crippen LogP contribution is -2.50. The SMILES string of the molecule is C=C(CC)CC(NN)C1COc2ccccc2O1. The fourth-order valence-electron chi connectivity index (χ4n) is 1.99. The molecule has 2 rings (SSSR count). The number of rotatable bonds is 5. The summed E-state index contributed by atoms with van der Waals surface area (Å²) in [5.41, 5.74) is 3.96. The first-order chi connectivity index (χ1) is 8.74. The van der Waals surface area contributed by atoms with Gasteiger partial charge in [-0.05, 0) is 25.0 Å². The number of hydrogen-bond acceptors (Lipinski definition) is 4. The number of hydrogen-bond donors (Lipinski definition) is 2. The monoisotopic (exact) mass is 248 g/mol. The fourth-order valence-corrected chi connectivity index (χ4v) is 1.99. The Labute approximate surface area is 108 Å². The van der Waals surface area contributed by atoms with Crippen LogP contribution in [-0.2, 0) is 0 Å². The highest BCUT2D eigenvalue weighted by molar-refractivity contribution is 5.40. The Kier molecular flexibility index (Phi) is 4.23. The Morgan fingerprint density at radius 3 is 2.89 bits per heavy atom. The van der Waals surface area contributed by atoms with Gasteiger partial charge in [-0.1, -0.05) is 31.2 Å². The molecule has 1 aliphatic heterocycles. The molecule has 98 valence electrons. The molecule has 0 saturated heterocycles. The van der Waals surface area contributed by atoms with Crippen molar-refractivity contribution in [2.45, 2.75) is 31.9 Å². The van der Waals surface area contributed by atoms with Crippen molar-refractivity contribution >= 4 is 0 Å². The molecule has 3 N–H and O–H groups in total. The highest BCUT2D eigenvalue weighted by Gasteiger charge is 2.28. The van der Waals surface area contributed by atoms with Crippen LogP contribution < -0.4 is 20.7 Å². The van der Waals surface area contributed by atoms with E-state index in [-0.39, 0.29) is 12.1 Å². The van der Waals surface area contributed by atoms with Crippen LogP contribution in [0.4, 0.5) is 0 Å². The number of para-hydroxylation sites is 2. The summed E-state index contributed by atoms with van der Waals surface area (Å²) >= 11 is 0. The van der Waals surface area contributed by atoms with E-state index >= 15 is 0 Å². The van der Waals surface area contributed by atoms with Gasteiger partial charge in [0.25, 0.3) is 0 Å². The molecule has 2 unspecified atom stereocenters. The lowest BCUT2D eigenvalue weighted by molar-refractivity contribution is 0.0618. The maximum Gasteiger partial charge on any atom is 0.161 e. The van der Waals surface area contributed by atoms with E-state index in [1.54, 1.807) is 0 Å². The molecule has 1 aromatic carbocycles. The molecule has 1 aromatic rings. The Hall–Kier alpha value is -1.52. The van der Waals surface area contributed by atoms with Gasteiger partial charge in [0.15, 0.2) is 11.5 Å². The van der Waals surface area contributed by atoms with Gasteiger partial charge in [0.05, 0.1) is 6.04 Å². The molecule has 4 nitrogen and oxygen atoms in total. The molecule has 0 aliphatic carbocycles. The molecule has 0 bridgehead atoms. The highest BCUT2D eigenvalue weighted by Crippen LogP contribution is 2.32.